The zero-order chi connectivity index (χ0) is 21.2. The van der Waals surface area contributed by atoms with E-state index in [9.17, 15) is 5.11 Å². The first kappa shape index (κ1) is 21.8. The minimum atomic E-state index is 0.336. The number of anilines is 1. The van der Waals surface area contributed by atoms with Crippen LogP contribution in [0.2, 0.25) is 0 Å². The summed E-state index contributed by atoms with van der Waals surface area (Å²) in [7, 11) is 3.48. The van der Waals surface area contributed by atoms with Crippen molar-refractivity contribution in [1.29, 1.82) is 0 Å². The summed E-state index contributed by atoms with van der Waals surface area (Å²) in [6, 6.07) is 15.4. The van der Waals surface area contributed by atoms with Crippen LogP contribution in [0.3, 0.4) is 0 Å². The number of guanidine groups is 1. The summed E-state index contributed by atoms with van der Waals surface area (Å²) in [5.74, 6) is 2.11. The molecule has 1 heterocycles. The minimum absolute atomic E-state index is 0.336. The molecule has 1 saturated heterocycles. The number of hydrogen-bond donors (Lipinski definition) is 2. The Bertz CT molecular complexity index is 802. The van der Waals surface area contributed by atoms with Gasteiger partial charge in [0.2, 0.25) is 0 Å². The fraction of sp³-hybridized carbons (Fsp3) is 0.435. The van der Waals surface area contributed by atoms with Crippen molar-refractivity contribution in [3.8, 4) is 11.5 Å². The number of para-hydroxylation sites is 2. The van der Waals surface area contributed by atoms with Crippen LogP contribution in [0, 0.1) is 0 Å². The van der Waals surface area contributed by atoms with E-state index >= 15 is 0 Å². The summed E-state index contributed by atoms with van der Waals surface area (Å²) in [5.41, 5.74) is 2.04. The third-order valence-corrected chi connectivity index (χ3v) is 5.19. The highest BCUT2D eigenvalue weighted by Crippen LogP contribution is 2.27. The van der Waals surface area contributed by atoms with Gasteiger partial charge < -0.3 is 29.7 Å². The van der Waals surface area contributed by atoms with Crippen LogP contribution in [0.4, 0.5) is 5.69 Å². The first-order valence-electron chi connectivity index (χ1n) is 10.4. The SMILES string of the molecule is CN=C(NCCCOCc1ccc(OC)cc1)N1CCN(c2ccccc2O)CC1. The van der Waals surface area contributed by atoms with Crippen LogP contribution in [-0.4, -0.2) is 69.5 Å². The van der Waals surface area contributed by atoms with Crippen molar-refractivity contribution in [2.24, 2.45) is 4.99 Å². The third kappa shape index (κ3) is 6.03. The van der Waals surface area contributed by atoms with Crippen molar-refractivity contribution in [2.75, 3.05) is 58.4 Å². The topological polar surface area (TPSA) is 69.6 Å². The molecule has 0 bridgehead atoms. The number of methoxy groups -OCH3 is 1. The molecule has 2 aromatic carbocycles. The number of benzene rings is 2. The van der Waals surface area contributed by atoms with Gasteiger partial charge >= 0.3 is 0 Å². The lowest BCUT2D eigenvalue weighted by Gasteiger charge is -2.37. The number of phenols is 1. The van der Waals surface area contributed by atoms with Gasteiger partial charge in [-0.1, -0.05) is 24.3 Å². The molecular weight excluding hydrogens is 380 g/mol. The van der Waals surface area contributed by atoms with E-state index in [0.717, 1.165) is 62.1 Å². The molecule has 3 rings (SSSR count). The molecule has 2 aromatic rings. The number of aromatic hydroxyl groups is 1. The van der Waals surface area contributed by atoms with E-state index in [1.165, 1.54) is 0 Å². The van der Waals surface area contributed by atoms with Gasteiger partial charge in [-0.3, -0.25) is 4.99 Å². The Morgan fingerprint density at radius 3 is 2.47 bits per heavy atom. The molecule has 1 aliphatic rings. The lowest BCUT2D eigenvalue weighted by molar-refractivity contribution is 0.119. The zero-order valence-electron chi connectivity index (χ0n) is 17.9. The number of rotatable bonds is 8. The van der Waals surface area contributed by atoms with E-state index in [1.54, 1.807) is 13.2 Å². The van der Waals surface area contributed by atoms with Crippen molar-refractivity contribution in [3.63, 3.8) is 0 Å². The summed E-state index contributed by atoms with van der Waals surface area (Å²) in [6.07, 6.45) is 0.910. The molecule has 162 valence electrons. The minimum Gasteiger partial charge on any atom is -0.506 e. The van der Waals surface area contributed by atoms with Gasteiger partial charge in [0.05, 0.1) is 19.4 Å². The highest BCUT2D eigenvalue weighted by Gasteiger charge is 2.21. The van der Waals surface area contributed by atoms with Crippen molar-refractivity contribution < 1.29 is 14.6 Å². The molecule has 0 radical (unpaired) electrons. The molecule has 0 amide bonds. The van der Waals surface area contributed by atoms with Crippen molar-refractivity contribution in [1.82, 2.24) is 10.2 Å². The third-order valence-electron chi connectivity index (χ3n) is 5.19. The summed E-state index contributed by atoms with van der Waals surface area (Å²) in [5, 5.41) is 13.5. The molecule has 0 unspecified atom stereocenters. The predicted octanol–water partition coefficient (Wildman–Crippen LogP) is 2.71. The number of nitrogens with zero attached hydrogens (tertiary/aromatic N) is 3. The maximum absolute atomic E-state index is 10.1. The van der Waals surface area contributed by atoms with Crippen molar-refractivity contribution in [3.05, 3.63) is 54.1 Å². The Morgan fingerprint density at radius 2 is 1.80 bits per heavy atom. The monoisotopic (exact) mass is 412 g/mol. The summed E-state index contributed by atoms with van der Waals surface area (Å²) < 4.78 is 10.9. The van der Waals surface area contributed by atoms with Crippen LogP contribution >= 0.6 is 0 Å². The maximum Gasteiger partial charge on any atom is 0.193 e. The summed E-state index contributed by atoms with van der Waals surface area (Å²) in [4.78, 5) is 8.89. The number of hydrogen-bond acceptors (Lipinski definition) is 5. The number of piperazine rings is 1. The van der Waals surface area contributed by atoms with E-state index in [4.69, 9.17) is 9.47 Å². The van der Waals surface area contributed by atoms with Gasteiger partial charge in [0.25, 0.3) is 0 Å². The fourth-order valence-electron chi connectivity index (χ4n) is 3.51. The molecule has 1 aliphatic heterocycles. The second-order valence-electron chi connectivity index (χ2n) is 7.19. The lowest BCUT2D eigenvalue weighted by Crippen LogP contribution is -2.52. The van der Waals surface area contributed by atoms with E-state index < -0.39 is 0 Å². The van der Waals surface area contributed by atoms with Gasteiger partial charge in [0.1, 0.15) is 11.5 Å². The van der Waals surface area contributed by atoms with Crippen LogP contribution in [0.15, 0.2) is 53.5 Å². The van der Waals surface area contributed by atoms with Crippen molar-refractivity contribution >= 4 is 11.6 Å². The second kappa shape index (κ2) is 11.3. The second-order valence-corrected chi connectivity index (χ2v) is 7.19. The Hall–Kier alpha value is -2.93. The highest BCUT2D eigenvalue weighted by molar-refractivity contribution is 5.80. The highest BCUT2D eigenvalue weighted by atomic mass is 16.5. The molecule has 0 aromatic heterocycles. The molecule has 0 aliphatic carbocycles. The normalized spacial score (nSPS) is 14.7. The Kier molecular flexibility index (Phi) is 8.20. The van der Waals surface area contributed by atoms with Crippen LogP contribution < -0.4 is 15.0 Å². The van der Waals surface area contributed by atoms with Crippen LogP contribution in [0.5, 0.6) is 11.5 Å². The number of phenolic OH excluding ortho intramolecular Hbond substituents is 1. The molecule has 7 heteroatoms. The summed E-state index contributed by atoms with van der Waals surface area (Å²) >= 11 is 0. The smallest absolute Gasteiger partial charge is 0.193 e. The Balaban J connectivity index is 1.33. The summed E-state index contributed by atoms with van der Waals surface area (Å²) in [6.45, 7) is 5.54. The zero-order valence-corrected chi connectivity index (χ0v) is 17.9. The van der Waals surface area contributed by atoms with E-state index in [2.05, 4.69) is 20.1 Å². The largest absolute Gasteiger partial charge is 0.506 e. The first-order valence-corrected chi connectivity index (χ1v) is 10.4. The lowest BCUT2D eigenvalue weighted by atomic mass is 10.2. The van der Waals surface area contributed by atoms with Gasteiger partial charge in [-0.05, 0) is 36.2 Å². The molecule has 0 spiro atoms. The Labute approximate surface area is 178 Å². The molecule has 0 atom stereocenters. The van der Waals surface area contributed by atoms with Gasteiger partial charge in [-0.2, -0.15) is 0 Å². The van der Waals surface area contributed by atoms with Crippen LogP contribution in [-0.2, 0) is 11.3 Å². The first-order chi connectivity index (χ1) is 14.7. The van der Waals surface area contributed by atoms with E-state index in [-0.39, 0.29) is 0 Å². The molecule has 30 heavy (non-hydrogen) atoms. The number of nitrogens with one attached hydrogen (secondary N) is 1. The number of ether oxygens (including phenoxy) is 2. The molecule has 7 nitrogen and oxygen atoms in total. The maximum atomic E-state index is 10.1. The Morgan fingerprint density at radius 1 is 1.07 bits per heavy atom. The van der Waals surface area contributed by atoms with Gasteiger partial charge in [-0.15, -0.1) is 0 Å². The fourth-order valence-corrected chi connectivity index (χ4v) is 3.51. The van der Waals surface area contributed by atoms with E-state index in [1.807, 2.05) is 49.5 Å². The molecule has 1 fully saturated rings. The van der Waals surface area contributed by atoms with Crippen LogP contribution in [0.1, 0.15) is 12.0 Å². The average molecular weight is 413 g/mol. The van der Waals surface area contributed by atoms with Crippen LogP contribution in [0.25, 0.3) is 0 Å². The standard InChI is InChI=1S/C23H32N4O3/c1-24-23(25-12-5-17-30-18-19-8-10-20(29-2)11-9-19)27-15-13-26(14-16-27)21-6-3-4-7-22(21)28/h3-4,6-11,28H,5,12-18H2,1-2H3,(H,24,25). The molecular formula is C23H32N4O3. The average Bonchev–Trinajstić information content (AvgIpc) is 2.80. The number of aliphatic imine (C=N–C) groups is 1. The molecule has 0 saturated carbocycles. The van der Waals surface area contributed by atoms with Gasteiger partial charge in [0.15, 0.2) is 5.96 Å². The van der Waals surface area contributed by atoms with Crippen molar-refractivity contribution in [2.45, 2.75) is 13.0 Å². The predicted molar refractivity (Wildman–Crippen MR) is 121 cm³/mol. The quantitative estimate of drug-likeness (QED) is 0.395. The van der Waals surface area contributed by atoms with Gasteiger partial charge in [-0.25, -0.2) is 0 Å². The van der Waals surface area contributed by atoms with E-state index in [0.29, 0.717) is 19.0 Å². The molecule has 2 N–H and O–H groups in total. The van der Waals surface area contributed by atoms with Gasteiger partial charge in [0, 0.05) is 46.4 Å².